The first-order valence-corrected chi connectivity index (χ1v) is 6.55. The molecule has 3 nitrogen and oxygen atoms in total. The third kappa shape index (κ3) is 2.54. The fraction of sp³-hybridized carbons (Fsp3) is 0.833. The van der Waals surface area contributed by atoms with Crippen LogP contribution in [0.15, 0.2) is 0 Å². The lowest BCUT2D eigenvalue weighted by Crippen LogP contribution is -2.42. The number of hydrogen-bond acceptors (Lipinski definition) is 2. The van der Waals surface area contributed by atoms with Crippen LogP contribution in [-0.4, -0.2) is 16.9 Å². The molecule has 1 amide bonds. The Hall–Kier alpha value is -0.640. The van der Waals surface area contributed by atoms with Crippen molar-refractivity contribution in [1.82, 2.24) is 5.32 Å². The summed E-state index contributed by atoms with van der Waals surface area (Å²) < 4.78 is 0. The van der Waals surface area contributed by atoms with E-state index < -0.39 is 0 Å². The number of nitrogens with two attached hydrogens (primary N) is 1. The van der Waals surface area contributed by atoms with Crippen LogP contribution in [0.5, 0.6) is 0 Å². The first kappa shape index (κ1) is 11.8. The van der Waals surface area contributed by atoms with Crippen LogP contribution >= 0.6 is 12.2 Å². The maximum atomic E-state index is 11.8. The number of carbonyl (C=O) groups excluding carboxylic acids is 1. The van der Waals surface area contributed by atoms with Crippen LogP contribution in [0.4, 0.5) is 0 Å². The van der Waals surface area contributed by atoms with Gasteiger partial charge in [0.2, 0.25) is 5.91 Å². The molecule has 0 aromatic carbocycles. The second-order valence-electron chi connectivity index (χ2n) is 5.33. The zero-order valence-electron chi connectivity index (χ0n) is 9.74. The Balaban J connectivity index is 1.77. The highest BCUT2D eigenvalue weighted by Gasteiger charge is 2.40. The van der Waals surface area contributed by atoms with Crippen LogP contribution in [0.2, 0.25) is 0 Å². The van der Waals surface area contributed by atoms with Gasteiger partial charge in [-0.3, -0.25) is 4.79 Å². The fourth-order valence-corrected chi connectivity index (χ4v) is 3.30. The van der Waals surface area contributed by atoms with Crippen LogP contribution in [0, 0.1) is 17.8 Å². The number of carbonyl (C=O) groups is 1. The van der Waals surface area contributed by atoms with Gasteiger partial charge in [-0.15, -0.1) is 0 Å². The summed E-state index contributed by atoms with van der Waals surface area (Å²) in [5, 5.41) is 2.86. The van der Waals surface area contributed by atoms with Crippen molar-refractivity contribution >= 4 is 23.1 Å². The van der Waals surface area contributed by atoms with E-state index in [2.05, 4.69) is 5.32 Å². The fourth-order valence-electron chi connectivity index (χ4n) is 3.24. The highest BCUT2D eigenvalue weighted by atomic mass is 32.1. The number of amides is 1. The Morgan fingerprint density at radius 2 is 2.25 bits per heavy atom. The summed E-state index contributed by atoms with van der Waals surface area (Å²) in [4.78, 5) is 12.1. The lowest BCUT2D eigenvalue weighted by atomic mass is 9.86. The van der Waals surface area contributed by atoms with Gasteiger partial charge in [0, 0.05) is 6.42 Å². The highest BCUT2D eigenvalue weighted by molar-refractivity contribution is 7.80. The molecular formula is C12H20N2OS. The number of rotatable bonds is 4. The SMILES string of the molecule is CC(NC(=O)CC1CC2CCC1C2)C(N)=S. The van der Waals surface area contributed by atoms with Gasteiger partial charge in [0.25, 0.3) is 0 Å². The number of nitrogens with one attached hydrogen (secondary N) is 1. The summed E-state index contributed by atoms with van der Waals surface area (Å²) >= 11 is 4.84. The molecule has 3 N–H and O–H groups in total. The molecule has 0 radical (unpaired) electrons. The molecule has 2 bridgehead atoms. The third-order valence-electron chi connectivity index (χ3n) is 4.14. The Morgan fingerprint density at radius 1 is 1.50 bits per heavy atom. The van der Waals surface area contributed by atoms with Crippen molar-refractivity contribution in [1.29, 1.82) is 0 Å². The minimum atomic E-state index is -0.180. The normalized spacial score (nSPS) is 33.7. The van der Waals surface area contributed by atoms with Gasteiger partial charge in [0.15, 0.2) is 0 Å². The molecule has 2 fully saturated rings. The number of fused-ring (bicyclic) bond motifs is 2. The van der Waals surface area contributed by atoms with Gasteiger partial charge in [-0.25, -0.2) is 0 Å². The van der Waals surface area contributed by atoms with Crippen LogP contribution in [0.25, 0.3) is 0 Å². The second-order valence-corrected chi connectivity index (χ2v) is 5.80. The zero-order valence-corrected chi connectivity index (χ0v) is 10.6. The Bertz CT molecular complexity index is 305. The maximum Gasteiger partial charge on any atom is 0.220 e. The van der Waals surface area contributed by atoms with E-state index in [1.807, 2.05) is 6.92 Å². The minimum Gasteiger partial charge on any atom is -0.392 e. The van der Waals surface area contributed by atoms with E-state index in [9.17, 15) is 4.79 Å². The van der Waals surface area contributed by atoms with Crippen LogP contribution in [0.1, 0.15) is 39.0 Å². The molecule has 2 rings (SSSR count). The molecule has 2 aliphatic carbocycles. The smallest absolute Gasteiger partial charge is 0.220 e. The van der Waals surface area contributed by atoms with Gasteiger partial charge >= 0.3 is 0 Å². The van der Waals surface area contributed by atoms with Crippen molar-refractivity contribution < 1.29 is 4.79 Å². The van der Waals surface area contributed by atoms with E-state index in [-0.39, 0.29) is 11.9 Å². The highest BCUT2D eigenvalue weighted by Crippen LogP contribution is 2.49. The molecule has 0 spiro atoms. The lowest BCUT2D eigenvalue weighted by Gasteiger charge is -2.22. The number of hydrogen-bond donors (Lipinski definition) is 2. The molecule has 4 atom stereocenters. The van der Waals surface area contributed by atoms with Crippen LogP contribution < -0.4 is 11.1 Å². The molecule has 0 aromatic heterocycles. The zero-order chi connectivity index (χ0) is 11.7. The monoisotopic (exact) mass is 240 g/mol. The Kier molecular flexibility index (Phi) is 3.47. The van der Waals surface area contributed by atoms with Crippen molar-refractivity contribution in [2.24, 2.45) is 23.5 Å². The molecule has 4 unspecified atom stereocenters. The van der Waals surface area contributed by atoms with E-state index in [4.69, 9.17) is 18.0 Å². The molecule has 2 saturated carbocycles. The van der Waals surface area contributed by atoms with Gasteiger partial charge in [-0.1, -0.05) is 18.6 Å². The molecule has 0 aromatic rings. The van der Waals surface area contributed by atoms with Gasteiger partial charge in [-0.2, -0.15) is 0 Å². The van der Waals surface area contributed by atoms with Crippen molar-refractivity contribution in [2.75, 3.05) is 0 Å². The van der Waals surface area contributed by atoms with Crippen LogP contribution in [-0.2, 0) is 4.79 Å². The average Bonchev–Trinajstić information content (AvgIpc) is 2.78. The standard InChI is InChI=1S/C12H20N2OS/c1-7(12(13)16)14-11(15)6-10-5-8-2-3-9(10)4-8/h7-10H,2-6H2,1H3,(H2,13,16)(H,14,15). The molecule has 0 heterocycles. The summed E-state index contributed by atoms with van der Waals surface area (Å²) in [6.07, 6.45) is 5.97. The molecule has 0 saturated heterocycles. The molecule has 0 aliphatic heterocycles. The molecule has 90 valence electrons. The van der Waals surface area contributed by atoms with E-state index >= 15 is 0 Å². The van der Waals surface area contributed by atoms with Gasteiger partial charge in [-0.05, 0) is 43.9 Å². The van der Waals surface area contributed by atoms with Crippen molar-refractivity contribution in [2.45, 2.75) is 45.1 Å². The summed E-state index contributed by atoms with van der Waals surface area (Å²) in [5.74, 6) is 2.42. The van der Waals surface area contributed by atoms with Crippen molar-refractivity contribution in [3.8, 4) is 0 Å². The first-order chi connectivity index (χ1) is 7.56. The largest absolute Gasteiger partial charge is 0.392 e. The minimum absolute atomic E-state index is 0.109. The third-order valence-corrected chi connectivity index (χ3v) is 4.49. The van der Waals surface area contributed by atoms with E-state index in [1.54, 1.807) is 0 Å². The van der Waals surface area contributed by atoms with Crippen LogP contribution in [0.3, 0.4) is 0 Å². The van der Waals surface area contributed by atoms with E-state index in [0.717, 1.165) is 11.8 Å². The predicted molar refractivity (Wildman–Crippen MR) is 67.9 cm³/mol. The molecule has 16 heavy (non-hydrogen) atoms. The predicted octanol–water partition coefficient (Wildman–Crippen LogP) is 1.60. The molecular weight excluding hydrogens is 220 g/mol. The topological polar surface area (TPSA) is 55.1 Å². The summed E-state index contributed by atoms with van der Waals surface area (Å²) in [7, 11) is 0. The average molecular weight is 240 g/mol. The van der Waals surface area contributed by atoms with Crippen molar-refractivity contribution in [3.05, 3.63) is 0 Å². The van der Waals surface area contributed by atoms with Gasteiger partial charge in [0.1, 0.15) is 0 Å². The lowest BCUT2D eigenvalue weighted by molar-refractivity contribution is -0.122. The first-order valence-electron chi connectivity index (χ1n) is 6.15. The van der Waals surface area contributed by atoms with Crippen molar-refractivity contribution in [3.63, 3.8) is 0 Å². The maximum absolute atomic E-state index is 11.8. The summed E-state index contributed by atoms with van der Waals surface area (Å²) in [6.45, 7) is 1.83. The summed E-state index contributed by atoms with van der Waals surface area (Å²) in [6, 6.07) is -0.180. The Morgan fingerprint density at radius 3 is 2.75 bits per heavy atom. The van der Waals surface area contributed by atoms with Gasteiger partial charge in [0.05, 0.1) is 11.0 Å². The quantitative estimate of drug-likeness (QED) is 0.734. The second kappa shape index (κ2) is 4.70. The molecule has 2 aliphatic rings. The van der Waals surface area contributed by atoms with Gasteiger partial charge < -0.3 is 11.1 Å². The van der Waals surface area contributed by atoms with E-state index in [0.29, 0.717) is 17.3 Å². The Labute approximate surface area is 102 Å². The van der Waals surface area contributed by atoms with E-state index in [1.165, 1.54) is 25.7 Å². The number of thiocarbonyl (C=S) groups is 1. The molecule has 4 heteroatoms. The summed E-state index contributed by atoms with van der Waals surface area (Å²) in [5.41, 5.74) is 5.47.